The Labute approximate surface area is 118 Å². The minimum Gasteiger partial charge on any atom is -0.465 e. The number of nitrogens with one attached hydrogen (secondary N) is 1. The molecule has 20 heavy (non-hydrogen) atoms. The molecule has 0 saturated heterocycles. The van der Waals surface area contributed by atoms with E-state index in [1.807, 2.05) is 24.3 Å². The highest BCUT2D eigenvalue weighted by atomic mass is 16.5. The molecule has 0 atom stereocenters. The lowest BCUT2D eigenvalue weighted by atomic mass is 10.1. The minimum absolute atomic E-state index is 0.386. The summed E-state index contributed by atoms with van der Waals surface area (Å²) in [6, 6.07) is 15.5. The second-order valence-electron chi connectivity index (χ2n) is 4.42. The van der Waals surface area contributed by atoms with Gasteiger partial charge in [0, 0.05) is 6.54 Å². The van der Waals surface area contributed by atoms with Crippen LogP contribution in [0.25, 0.3) is 0 Å². The van der Waals surface area contributed by atoms with Crippen molar-refractivity contribution in [2.75, 3.05) is 24.7 Å². The molecular weight excluding hydrogens is 252 g/mol. The standard InChI is InChI=1S/C16H18N2O2/c1-20-16(19)13-8-5-9-14(15(13)17)18-11-10-12-6-3-2-4-7-12/h2-9,18H,10-11,17H2,1H3. The van der Waals surface area contributed by atoms with E-state index >= 15 is 0 Å². The molecule has 2 aromatic rings. The number of hydrogen-bond donors (Lipinski definition) is 2. The Morgan fingerprint density at radius 1 is 1.15 bits per heavy atom. The van der Waals surface area contributed by atoms with Gasteiger partial charge in [-0.25, -0.2) is 4.79 Å². The van der Waals surface area contributed by atoms with Crippen LogP contribution in [0.2, 0.25) is 0 Å². The van der Waals surface area contributed by atoms with Crippen LogP contribution in [-0.4, -0.2) is 19.6 Å². The molecule has 0 aliphatic rings. The summed E-state index contributed by atoms with van der Waals surface area (Å²) in [5, 5.41) is 3.25. The summed E-state index contributed by atoms with van der Waals surface area (Å²) in [4.78, 5) is 11.6. The van der Waals surface area contributed by atoms with Gasteiger partial charge in [0.15, 0.2) is 0 Å². The number of rotatable bonds is 5. The Balaban J connectivity index is 2.01. The van der Waals surface area contributed by atoms with Crippen LogP contribution in [-0.2, 0) is 11.2 Å². The Morgan fingerprint density at radius 3 is 2.60 bits per heavy atom. The monoisotopic (exact) mass is 270 g/mol. The third-order valence-corrected chi connectivity index (χ3v) is 3.08. The van der Waals surface area contributed by atoms with E-state index in [4.69, 9.17) is 10.5 Å². The fourth-order valence-electron chi connectivity index (χ4n) is 1.99. The molecule has 3 N–H and O–H groups in total. The van der Waals surface area contributed by atoms with Crippen molar-refractivity contribution >= 4 is 17.3 Å². The molecule has 0 saturated carbocycles. The van der Waals surface area contributed by atoms with E-state index in [1.54, 1.807) is 12.1 Å². The van der Waals surface area contributed by atoms with Crippen molar-refractivity contribution < 1.29 is 9.53 Å². The fourth-order valence-corrected chi connectivity index (χ4v) is 1.99. The van der Waals surface area contributed by atoms with Gasteiger partial charge in [-0.2, -0.15) is 0 Å². The summed E-state index contributed by atoms with van der Waals surface area (Å²) >= 11 is 0. The van der Waals surface area contributed by atoms with Crippen molar-refractivity contribution in [1.82, 2.24) is 0 Å². The highest BCUT2D eigenvalue weighted by Crippen LogP contribution is 2.23. The molecule has 0 aliphatic carbocycles. The van der Waals surface area contributed by atoms with Crippen LogP contribution >= 0.6 is 0 Å². The predicted molar refractivity (Wildman–Crippen MR) is 80.8 cm³/mol. The topological polar surface area (TPSA) is 64.3 Å². The van der Waals surface area contributed by atoms with Crippen LogP contribution < -0.4 is 11.1 Å². The first-order valence-corrected chi connectivity index (χ1v) is 6.47. The highest BCUT2D eigenvalue weighted by Gasteiger charge is 2.12. The van der Waals surface area contributed by atoms with E-state index in [0.717, 1.165) is 18.7 Å². The first kappa shape index (κ1) is 13.9. The van der Waals surface area contributed by atoms with E-state index in [0.29, 0.717) is 11.3 Å². The molecule has 4 heteroatoms. The fraction of sp³-hybridized carbons (Fsp3) is 0.188. The number of methoxy groups -OCH3 is 1. The largest absolute Gasteiger partial charge is 0.465 e. The average Bonchev–Trinajstić information content (AvgIpc) is 2.49. The number of carbonyl (C=O) groups excluding carboxylic acids is 1. The zero-order chi connectivity index (χ0) is 14.4. The zero-order valence-electron chi connectivity index (χ0n) is 11.4. The number of nitrogen functional groups attached to an aromatic ring is 1. The molecule has 0 heterocycles. The molecule has 2 aromatic carbocycles. The zero-order valence-corrected chi connectivity index (χ0v) is 11.4. The molecule has 0 unspecified atom stereocenters. The molecule has 0 bridgehead atoms. The van der Waals surface area contributed by atoms with Crippen molar-refractivity contribution in [2.24, 2.45) is 0 Å². The number of esters is 1. The molecule has 0 aliphatic heterocycles. The molecule has 104 valence electrons. The van der Waals surface area contributed by atoms with Crippen LogP contribution in [0.15, 0.2) is 48.5 Å². The SMILES string of the molecule is COC(=O)c1cccc(NCCc2ccccc2)c1N. The summed E-state index contributed by atoms with van der Waals surface area (Å²) in [5.74, 6) is -0.422. The van der Waals surface area contributed by atoms with Gasteiger partial charge < -0.3 is 15.8 Å². The second-order valence-corrected chi connectivity index (χ2v) is 4.42. The molecule has 2 rings (SSSR count). The van der Waals surface area contributed by atoms with Crippen molar-refractivity contribution in [3.05, 3.63) is 59.7 Å². The van der Waals surface area contributed by atoms with E-state index < -0.39 is 5.97 Å². The molecule has 0 spiro atoms. The first-order valence-electron chi connectivity index (χ1n) is 6.47. The molecule has 4 nitrogen and oxygen atoms in total. The van der Waals surface area contributed by atoms with Gasteiger partial charge in [0.05, 0.1) is 24.0 Å². The maximum absolute atomic E-state index is 11.6. The Bertz CT molecular complexity index is 582. The third-order valence-electron chi connectivity index (χ3n) is 3.08. The molecule has 0 aromatic heterocycles. The lowest BCUT2D eigenvalue weighted by Gasteiger charge is -2.12. The van der Waals surface area contributed by atoms with Crippen LogP contribution in [0, 0.1) is 0 Å². The number of ether oxygens (including phenoxy) is 1. The maximum Gasteiger partial charge on any atom is 0.340 e. The highest BCUT2D eigenvalue weighted by molar-refractivity contribution is 5.98. The van der Waals surface area contributed by atoms with E-state index in [-0.39, 0.29) is 0 Å². The molecule has 0 radical (unpaired) electrons. The van der Waals surface area contributed by atoms with Gasteiger partial charge in [-0.3, -0.25) is 0 Å². The summed E-state index contributed by atoms with van der Waals surface area (Å²) in [6.07, 6.45) is 0.892. The predicted octanol–water partition coefficient (Wildman–Crippen LogP) is 2.71. The molecule has 0 amide bonds. The van der Waals surface area contributed by atoms with E-state index in [2.05, 4.69) is 17.4 Å². The van der Waals surface area contributed by atoms with Crippen molar-refractivity contribution in [3.63, 3.8) is 0 Å². The number of benzene rings is 2. The lowest BCUT2D eigenvalue weighted by Crippen LogP contribution is -2.11. The van der Waals surface area contributed by atoms with Crippen molar-refractivity contribution in [1.29, 1.82) is 0 Å². The number of hydrogen-bond acceptors (Lipinski definition) is 4. The summed E-state index contributed by atoms with van der Waals surface area (Å²) in [5.41, 5.74) is 8.79. The summed E-state index contributed by atoms with van der Waals surface area (Å²) < 4.78 is 4.70. The van der Waals surface area contributed by atoms with Gasteiger partial charge in [-0.15, -0.1) is 0 Å². The normalized spacial score (nSPS) is 10.1. The quantitative estimate of drug-likeness (QED) is 0.647. The Morgan fingerprint density at radius 2 is 1.90 bits per heavy atom. The van der Waals surface area contributed by atoms with Crippen LogP contribution in [0.5, 0.6) is 0 Å². The number of carbonyl (C=O) groups is 1. The van der Waals surface area contributed by atoms with Crippen molar-refractivity contribution in [3.8, 4) is 0 Å². The van der Waals surface area contributed by atoms with Crippen LogP contribution in [0.3, 0.4) is 0 Å². The lowest BCUT2D eigenvalue weighted by molar-refractivity contribution is 0.0602. The van der Waals surface area contributed by atoms with Gasteiger partial charge in [0.1, 0.15) is 0 Å². The van der Waals surface area contributed by atoms with Gasteiger partial charge in [-0.05, 0) is 24.1 Å². The van der Waals surface area contributed by atoms with Crippen LogP contribution in [0.1, 0.15) is 15.9 Å². The molecule has 0 fully saturated rings. The van der Waals surface area contributed by atoms with Gasteiger partial charge in [0.25, 0.3) is 0 Å². The number of para-hydroxylation sites is 1. The van der Waals surface area contributed by atoms with Crippen molar-refractivity contribution in [2.45, 2.75) is 6.42 Å². The summed E-state index contributed by atoms with van der Waals surface area (Å²) in [7, 11) is 1.34. The third kappa shape index (κ3) is 3.29. The van der Waals surface area contributed by atoms with Gasteiger partial charge >= 0.3 is 5.97 Å². The first-order chi connectivity index (χ1) is 9.72. The number of anilines is 2. The second kappa shape index (κ2) is 6.61. The molecular formula is C16H18N2O2. The van der Waals surface area contributed by atoms with Gasteiger partial charge in [0.2, 0.25) is 0 Å². The Hall–Kier alpha value is -2.49. The average molecular weight is 270 g/mol. The maximum atomic E-state index is 11.6. The van der Waals surface area contributed by atoms with E-state index in [1.165, 1.54) is 12.7 Å². The smallest absolute Gasteiger partial charge is 0.340 e. The number of nitrogens with two attached hydrogens (primary N) is 1. The Kier molecular flexibility index (Phi) is 4.60. The summed E-state index contributed by atoms with van der Waals surface area (Å²) in [6.45, 7) is 0.749. The van der Waals surface area contributed by atoms with Crippen LogP contribution in [0.4, 0.5) is 11.4 Å². The minimum atomic E-state index is -0.422. The van der Waals surface area contributed by atoms with E-state index in [9.17, 15) is 4.79 Å². The van der Waals surface area contributed by atoms with Gasteiger partial charge in [-0.1, -0.05) is 36.4 Å².